The van der Waals surface area contributed by atoms with E-state index < -0.39 is 23.8 Å². The SMILES string of the molecule is O=C([O-])/C=C/C(=O)Nc1ccc(N2CCCCCC2)c(NC(=O)/C=C/C(=O)[O-])c1. The first-order chi connectivity index (χ1) is 13.8. The van der Waals surface area contributed by atoms with Crippen LogP contribution in [0.1, 0.15) is 25.7 Å². The van der Waals surface area contributed by atoms with E-state index in [9.17, 15) is 29.4 Å². The van der Waals surface area contributed by atoms with E-state index in [4.69, 9.17) is 0 Å². The van der Waals surface area contributed by atoms with Crippen molar-refractivity contribution in [2.24, 2.45) is 0 Å². The molecular weight excluding hydrogens is 378 g/mol. The molecule has 1 aromatic rings. The Morgan fingerprint density at radius 1 is 0.793 bits per heavy atom. The first-order valence-electron chi connectivity index (χ1n) is 9.14. The van der Waals surface area contributed by atoms with Crippen molar-refractivity contribution in [1.82, 2.24) is 0 Å². The number of hydrogen-bond acceptors (Lipinski definition) is 7. The Morgan fingerprint density at radius 3 is 1.90 bits per heavy atom. The van der Waals surface area contributed by atoms with Crippen LogP contribution in [0.3, 0.4) is 0 Å². The van der Waals surface area contributed by atoms with E-state index in [2.05, 4.69) is 15.5 Å². The number of carbonyl (C=O) groups is 4. The fourth-order valence-electron chi connectivity index (χ4n) is 2.95. The quantitative estimate of drug-likeness (QED) is 0.592. The summed E-state index contributed by atoms with van der Waals surface area (Å²) in [6, 6.07) is 4.90. The van der Waals surface area contributed by atoms with Gasteiger partial charge < -0.3 is 35.3 Å². The minimum Gasteiger partial charge on any atom is -0.545 e. The van der Waals surface area contributed by atoms with Gasteiger partial charge in [-0.05, 0) is 43.2 Å². The predicted molar refractivity (Wildman–Crippen MR) is 103 cm³/mol. The van der Waals surface area contributed by atoms with Crippen LogP contribution in [0.5, 0.6) is 0 Å². The molecule has 1 aromatic carbocycles. The monoisotopic (exact) mass is 399 g/mol. The number of nitrogens with one attached hydrogen (secondary N) is 2. The average molecular weight is 399 g/mol. The molecule has 0 spiro atoms. The molecule has 0 radical (unpaired) electrons. The highest BCUT2D eigenvalue weighted by atomic mass is 16.4. The van der Waals surface area contributed by atoms with Crippen molar-refractivity contribution in [2.75, 3.05) is 28.6 Å². The number of carboxylic acids is 2. The molecule has 0 saturated carbocycles. The Kier molecular flexibility index (Phi) is 7.96. The van der Waals surface area contributed by atoms with Gasteiger partial charge in [0.1, 0.15) is 0 Å². The van der Waals surface area contributed by atoms with Gasteiger partial charge in [0, 0.05) is 30.9 Å². The van der Waals surface area contributed by atoms with Gasteiger partial charge in [0.25, 0.3) is 0 Å². The molecular formula is C20H21N3O6-2. The Bertz CT molecular complexity index is 839. The van der Waals surface area contributed by atoms with Gasteiger partial charge in [0.05, 0.1) is 23.3 Å². The molecule has 0 aromatic heterocycles. The maximum Gasteiger partial charge on any atom is 0.248 e. The number of amides is 2. The zero-order chi connectivity index (χ0) is 21.2. The molecule has 0 atom stereocenters. The summed E-state index contributed by atoms with van der Waals surface area (Å²) in [5, 5.41) is 26.0. The summed E-state index contributed by atoms with van der Waals surface area (Å²) in [6.07, 6.45) is 7.13. The second kappa shape index (κ2) is 10.6. The zero-order valence-electron chi connectivity index (χ0n) is 15.7. The fourth-order valence-corrected chi connectivity index (χ4v) is 2.95. The summed E-state index contributed by atoms with van der Waals surface area (Å²) in [5.74, 6) is -4.32. The number of nitrogens with zero attached hydrogens (tertiary/aromatic N) is 1. The van der Waals surface area contributed by atoms with Crippen molar-refractivity contribution in [2.45, 2.75) is 25.7 Å². The largest absolute Gasteiger partial charge is 0.545 e. The summed E-state index contributed by atoms with van der Waals surface area (Å²) < 4.78 is 0. The molecule has 0 unspecified atom stereocenters. The van der Waals surface area contributed by atoms with Crippen molar-refractivity contribution in [3.63, 3.8) is 0 Å². The highest BCUT2D eigenvalue weighted by molar-refractivity contribution is 6.06. The number of carbonyl (C=O) groups excluding carboxylic acids is 4. The molecule has 1 saturated heterocycles. The number of benzene rings is 1. The highest BCUT2D eigenvalue weighted by Gasteiger charge is 2.15. The normalized spacial score (nSPS) is 14.6. The molecule has 1 fully saturated rings. The van der Waals surface area contributed by atoms with E-state index in [1.54, 1.807) is 12.1 Å². The minimum absolute atomic E-state index is 0.329. The Hall–Kier alpha value is -3.62. The first-order valence-corrected chi connectivity index (χ1v) is 9.14. The van der Waals surface area contributed by atoms with Crippen LogP contribution in [0, 0.1) is 0 Å². The molecule has 0 bridgehead atoms. The molecule has 0 aliphatic carbocycles. The lowest BCUT2D eigenvalue weighted by Crippen LogP contribution is -2.26. The van der Waals surface area contributed by atoms with E-state index in [1.807, 2.05) is 0 Å². The average Bonchev–Trinajstić information content (AvgIpc) is 2.94. The van der Waals surface area contributed by atoms with Gasteiger partial charge in [-0.15, -0.1) is 0 Å². The molecule has 9 heteroatoms. The van der Waals surface area contributed by atoms with Crippen LogP contribution in [0.15, 0.2) is 42.5 Å². The summed E-state index contributed by atoms with van der Waals surface area (Å²) in [6.45, 7) is 1.61. The van der Waals surface area contributed by atoms with E-state index in [-0.39, 0.29) is 0 Å². The molecule has 154 valence electrons. The summed E-state index contributed by atoms with van der Waals surface area (Å²) >= 11 is 0. The second-order valence-corrected chi connectivity index (χ2v) is 6.42. The number of aliphatic carboxylic acids is 2. The highest BCUT2D eigenvalue weighted by Crippen LogP contribution is 2.31. The molecule has 1 aliphatic heterocycles. The van der Waals surface area contributed by atoms with Crippen LogP contribution in [-0.2, 0) is 19.2 Å². The third-order valence-corrected chi connectivity index (χ3v) is 4.21. The van der Waals surface area contributed by atoms with Crippen molar-refractivity contribution in [1.29, 1.82) is 0 Å². The summed E-state index contributed by atoms with van der Waals surface area (Å²) in [5.41, 5.74) is 1.46. The number of rotatable bonds is 7. The predicted octanol–water partition coefficient (Wildman–Crippen LogP) is -0.444. The second-order valence-electron chi connectivity index (χ2n) is 6.42. The first kappa shape index (κ1) is 21.7. The maximum absolute atomic E-state index is 12.1. The third-order valence-electron chi connectivity index (χ3n) is 4.21. The van der Waals surface area contributed by atoms with E-state index in [1.165, 1.54) is 6.07 Å². The molecule has 9 nitrogen and oxygen atoms in total. The van der Waals surface area contributed by atoms with Gasteiger partial charge >= 0.3 is 0 Å². The Morgan fingerprint density at radius 2 is 1.34 bits per heavy atom. The lowest BCUT2D eigenvalue weighted by molar-refractivity contribution is -0.298. The van der Waals surface area contributed by atoms with Crippen LogP contribution in [0.4, 0.5) is 17.1 Å². The topological polar surface area (TPSA) is 142 Å². The smallest absolute Gasteiger partial charge is 0.248 e. The van der Waals surface area contributed by atoms with E-state index in [0.717, 1.165) is 56.6 Å². The van der Waals surface area contributed by atoms with Gasteiger partial charge in [0.2, 0.25) is 11.8 Å². The van der Waals surface area contributed by atoms with E-state index in [0.29, 0.717) is 23.5 Å². The zero-order valence-corrected chi connectivity index (χ0v) is 15.7. The summed E-state index contributed by atoms with van der Waals surface area (Å²) in [4.78, 5) is 46.9. The fraction of sp³-hybridized carbons (Fsp3) is 0.300. The van der Waals surface area contributed by atoms with Crippen LogP contribution in [0.25, 0.3) is 0 Å². The molecule has 2 rings (SSSR count). The number of hydrogen-bond donors (Lipinski definition) is 2. The van der Waals surface area contributed by atoms with Crippen LogP contribution >= 0.6 is 0 Å². The third kappa shape index (κ3) is 7.49. The molecule has 2 N–H and O–H groups in total. The van der Waals surface area contributed by atoms with Crippen LogP contribution in [0.2, 0.25) is 0 Å². The number of carboxylic acid groups (broad SMARTS) is 2. The number of anilines is 3. The van der Waals surface area contributed by atoms with E-state index >= 15 is 0 Å². The van der Waals surface area contributed by atoms with Gasteiger partial charge in [-0.2, -0.15) is 0 Å². The van der Waals surface area contributed by atoms with Gasteiger partial charge in [-0.3, -0.25) is 9.59 Å². The van der Waals surface area contributed by atoms with Crippen molar-refractivity contribution < 1.29 is 29.4 Å². The minimum atomic E-state index is -1.50. The van der Waals surface area contributed by atoms with Crippen molar-refractivity contribution >= 4 is 40.8 Å². The standard InChI is InChI=1S/C20H23N3O6/c24-17(7-9-19(26)27)21-14-5-6-16(23-11-3-1-2-4-12-23)15(13-14)22-18(25)8-10-20(28)29/h5-10,13H,1-4,11-12H2,(H,21,24)(H,22,25)(H,26,27)(H,28,29)/p-2/b9-7+,10-8+. The van der Waals surface area contributed by atoms with Gasteiger partial charge in [-0.25, -0.2) is 0 Å². The molecule has 1 heterocycles. The lowest BCUT2D eigenvalue weighted by Gasteiger charge is -2.26. The van der Waals surface area contributed by atoms with Gasteiger partial charge in [-0.1, -0.05) is 12.8 Å². The molecule has 1 aliphatic rings. The van der Waals surface area contributed by atoms with Crippen LogP contribution < -0.4 is 25.7 Å². The lowest BCUT2D eigenvalue weighted by atomic mass is 10.2. The Labute approximate surface area is 167 Å². The van der Waals surface area contributed by atoms with Crippen molar-refractivity contribution in [3.8, 4) is 0 Å². The molecule has 2 amide bonds. The maximum atomic E-state index is 12.1. The summed E-state index contributed by atoms with van der Waals surface area (Å²) in [7, 11) is 0. The van der Waals surface area contributed by atoms with Crippen LogP contribution in [-0.4, -0.2) is 36.8 Å². The Balaban J connectivity index is 2.27. The molecule has 29 heavy (non-hydrogen) atoms. The van der Waals surface area contributed by atoms with Gasteiger partial charge in [0.15, 0.2) is 0 Å². The van der Waals surface area contributed by atoms with Crippen molar-refractivity contribution in [3.05, 3.63) is 42.5 Å².